The van der Waals surface area contributed by atoms with Crippen LogP contribution in [-0.4, -0.2) is 56.0 Å². The maximum atomic E-state index is 9.55. The first-order valence-corrected chi connectivity index (χ1v) is 7.27. The molecule has 2 rings (SSSR count). The zero-order valence-electron chi connectivity index (χ0n) is 12.2. The number of thioether (sulfide) groups is 1. The van der Waals surface area contributed by atoms with Gasteiger partial charge < -0.3 is 10.2 Å². The fraction of sp³-hybridized carbons (Fsp3) is 0.286. The molecule has 0 radical (unpaired) electrons. The highest BCUT2D eigenvalue weighted by atomic mass is 32.2. The minimum atomic E-state index is -1.26. The van der Waals surface area contributed by atoms with E-state index in [1.54, 1.807) is 12.4 Å². The molecule has 2 N–H and O–H groups in total. The average Bonchev–Trinajstić information content (AvgIpc) is 2.46. The van der Waals surface area contributed by atoms with E-state index >= 15 is 0 Å². The minimum Gasteiger partial charge on any atom is -0.478 e. The molecule has 0 saturated heterocycles. The smallest absolute Gasteiger partial charge is 0.328 e. The van der Waals surface area contributed by atoms with Crippen molar-refractivity contribution in [1.29, 1.82) is 0 Å². The van der Waals surface area contributed by atoms with E-state index in [-0.39, 0.29) is 0 Å². The third-order valence-corrected chi connectivity index (χ3v) is 3.48. The number of carboxylic acid groups (broad SMARTS) is 2. The molecule has 1 aliphatic rings. The number of aliphatic carboxylic acids is 2. The molecule has 1 aromatic rings. The molecule has 1 atom stereocenters. The Kier molecular flexibility index (Phi) is 7.11. The van der Waals surface area contributed by atoms with Crippen molar-refractivity contribution in [2.75, 3.05) is 13.6 Å². The zero-order valence-corrected chi connectivity index (χ0v) is 13.0. The second-order valence-corrected chi connectivity index (χ2v) is 5.85. The Morgan fingerprint density at radius 2 is 1.82 bits per heavy atom. The molecular weight excluding hydrogens is 306 g/mol. The highest BCUT2D eigenvalue weighted by molar-refractivity contribution is 8.15. The number of hydrogen-bond donors (Lipinski definition) is 2. The Labute approximate surface area is 132 Å². The van der Waals surface area contributed by atoms with Gasteiger partial charge in [0.05, 0.1) is 0 Å². The largest absolute Gasteiger partial charge is 0.478 e. The van der Waals surface area contributed by atoms with Crippen molar-refractivity contribution < 1.29 is 19.8 Å². The number of carboxylic acids is 2. The van der Waals surface area contributed by atoms with Gasteiger partial charge in [-0.15, -0.1) is 0 Å². The summed E-state index contributed by atoms with van der Waals surface area (Å²) in [7, 11) is 2.01. The Morgan fingerprint density at radius 3 is 2.27 bits per heavy atom. The molecule has 7 nitrogen and oxygen atoms in total. The molecule has 0 aliphatic carbocycles. The van der Waals surface area contributed by atoms with Crippen LogP contribution in [-0.2, 0) is 9.59 Å². The van der Waals surface area contributed by atoms with Gasteiger partial charge in [-0.3, -0.25) is 9.99 Å². The van der Waals surface area contributed by atoms with E-state index in [4.69, 9.17) is 10.2 Å². The molecule has 1 aromatic heterocycles. The van der Waals surface area contributed by atoms with E-state index in [1.807, 2.05) is 36.0 Å². The molecule has 22 heavy (non-hydrogen) atoms. The van der Waals surface area contributed by atoms with Crippen LogP contribution in [0.15, 0.2) is 41.8 Å². The van der Waals surface area contributed by atoms with Gasteiger partial charge in [-0.1, -0.05) is 18.7 Å². The maximum Gasteiger partial charge on any atom is 0.328 e. The van der Waals surface area contributed by atoms with Crippen molar-refractivity contribution in [3.05, 3.63) is 42.2 Å². The summed E-state index contributed by atoms with van der Waals surface area (Å²) in [6.07, 6.45) is 4.72. The Bertz CT molecular complexity index is 559. The van der Waals surface area contributed by atoms with Gasteiger partial charge in [0.15, 0.2) is 0 Å². The SMILES string of the molecule is CC1CN(C)N=C(c2ccncc2)S1.O=C(O)/C=C\C(=O)O. The molecule has 2 heterocycles. The van der Waals surface area contributed by atoms with Crippen LogP contribution in [0.25, 0.3) is 0 Å². The lowest BCUT2D eigenvalue weighted by Crippen LogP contribution is -2.28. The quantitative estimate of drug-likeness (QED) is 0.813. The molecule has 0 amide bonds. The van der Waals surface area contributed by atoms with E-state index in [1.165, 1.54) is 0 Å². The first-order valence-electron chi connectivity index (χ1n) is 6.39. The molecule has 0 spiro atoms. The highest BCUT2D eigenvalue weighted by Gasteiger charge is 2.17. The van der Waals surface area contributed by atoms with Gasteiger partial charge in [-0.2, -0.15) is 5.10 Å². The summed E-state index contributed by atoms with van der Waals surface area (Å²) in [6, 6.07) is 4.00. The predicted molar refractivity (Wildman–Crippen MR) is 84.9 cm³/mol. The summed E-state index contributed by atoms with van der Waals surface area (Å²) in [6.45, 7) is 3.23. The van der Waals surface area contributed by atoms with Crippen molar-refractivity contribution in [2.24, 2.45) is 5.10 Å². The second-order valence-electron chi connectivity index (χ2n) is 4.42. The van der Waals surface area contributed by atoms with Gasteiger partial charge in [0.1, 0.15) is 5.04 Å². The summed E-state index contributed by atoms with van der Waals surface area (Å²) >= 11 is 1.82. The first-order chi connectivity index (χ1) is 10.4. The second kappa shape index (κ2) is 8.83. The van der Waals surface area contributed by atoms with Crippen molar-refractivity contribution in [3.8, 4) is 0 Å². The van der Waals surface area contributed by atoms with Crippen LogP contribution in [0.5, 0.6) is 0 Å². The molecule has 1 aliphatic heterocycles. The molecule has 8 heteroatoms. The Balaban J connectivity index is 0.000000261. The van der Waals surface area contributed by atoms with Crippen LogP contribution in [0.1, 0.15) is 12.5 Å². The lowest BCUT2D eigenvalue weighted by molar-refractivity contribution is -0.134. The number of nitrogens with zero attached hydrogens (tertiary/aromatic N) is 3. The van der Waals surface area contributed by atoms with Crippen LogP contribution < -0.4 is 0 Å². The lowest BCUT2D eigenvalue weighted by Gasteiger charge is -2.25. The van der Waals surface area contributed by atoms with Crippen molar-refractivity contribution in [1.82, 2.24) is 9.99 Å². The van der Waals surface area contributed by atoms with Gasteiger partial charge in [-0.05, 0) is 12.1 Å². The zero-order chi connectivity index (χ0) is 16.5. The minimum absolute atomic E-state index is 0.558. The summed E-state index contributed by atoms with van der Waals surface area (Å²) in [4.78, 5) is 23.1. The highest BCUT2D eigenvalue weighted by Crippen LogP contribution is 2.23. The predicted octanol–water partition coefficient (Wildman–Crippen LogP) is 1.52. The van der Waals surface area contributed by atoms with Crippen LogP contribution in [0.4, 0.5) is 0 Å². The number of hydrogen-bond acceptors (Lipinski definition) is 6. The Hall–Kier alpha value is -2.35. The van der Waals surface area contributed by atoms with Crippen molar-refractivity contribution in [2.45, 2.75) is 12.2 Å². The van der Waals surface area contributed by atoms with Gasteiger partial charge >= 0.3 is 11.9 Å². The van der Waals surface area contributed by atoms with E-state index in [0.29, 0.717) is 17.4 Å². The molecule has 0 saturated carbocycles. The van der Waals surface area contributed by atoms with Gasteiger partial charge in [-0.25, -0.2) is 9.59 Å². The van der Waals surface area contributed by atoms with Gasteiger partial charge in [0.2, 0.25) is 0 Å². The normalized spacial score (nSPS) is 17.5. The number of carbonyl (C=O) groups is 2. The van der Waals surface area contributed by atoms with Gasteiger partial charge in [0, 0.05) is 49.0 Å². The maximum absolute atomic E-state index is 9.55. The van der Waals surface area contributed by atoms with E-state index in [2.05, 4.69) is 17.0 Å². The Morgan fingerprint density at radius 1 is 1.27 bits per heavy atom. The molecule has 0 bridgehead atoms. The van der Waals surface area contributed by atoms with Crippen molar-refractivity contribution in [3.63, 3.8) is 0 Å². The van der Waals surface area contributed by atoms with Crippen LogP contribution in [0.2, 0.25) is 0 Å². The average molecular weight is 323 g/mol. The fourth-order valence-electron chi connectivity index (χ4n) is 1.58. The summed E-state index contributed by atoms with van der Waals surface area (Å²) in [5.41, 5.74) is 1.16. The van der Waals surface area contributed by atoms with Crippen LogP contribution >= 0.6 is 11.8 Å². The van der Waals surface area contributed by atoms with E-state index < -0.39 is 11.9 Å². The lowest BCUT2D eigenvalue weighted by atomic mass is 10.3. The first kappa shape index (κ1) is 17.7. The number of pyridine rings is 1. The number of hydrazone groups is 1. The molecule has 118 valence electrons. The fourth-order valence-corrected chi connectivity index (χ4v) is 2.71. The number of aromatic nitrogens is 1. The third kappa shape index (κ3) is 6.89. The molecular formula is C14H17N3O4S. The summed E-state index contributed by atoms with van der Waals surface area (Å²) in [5.74, 6) is -2.51. The summed E-state index contributed by atoms with van der Waals surface area (Å²) in [5, 5.41) is 23.8. The molecule has 0 fully saturated rings. The summed E-state index contributed by atoms with van der Waals surface area (Å²) < 4.78 is 0. The van der Waals surface area contributed by atoms with E-state index in [9.17, 15) is 9.59 Å². The molecule has 1 unspecified atom stereocenters. The third-order valence-electron chi connectivity index (χ3n) is 2.39. The van der Waals surface area contributed by atoms with E-state index in [0.717, 1.165) is 17.2 Å². The number of rotatable bonds is 3. The topological polar surface area (TPSA) is 103 Å². The van der Waals surface area contributed by atoms with Crippen molar-refractivity contribution >= 4 is 28.7 Å². The van der Waals surface area contributed by atoms with Crippen LogP contribution in [0, 0.1) is 0 Å². The standard InChI is InChI=1S/C10H13N3S.C4H4O4/c1-8-7-13(2)12-10(14-8)9-3-5-11-6-4-9;5-3(6)1-2-4(7)8/h3-6,8H,7H2,1-2H3;1-2H,(H,5,6)(H,7,8)/b;2-1-. The molecule has 0 aromatic carbocycles. The van der Waals surface area contributed by atoms with Crippen LogP contribution in [0.3, 0.4) is 0 Å². The van der Waals surface area contributed by atoms with Gasteiger partial charge in [0.25, 0.3) is 0 Å². The monoisotopic (exact) mass is 323 g/mol.